The van der Waals surface area contributed by atoms with Crippen LogP contribution >= 0.6 is 0 Å². The Morgan fingerprint density at radius 1 is 1.26 bits per heavy atom. The van der Waals surface area contributed by atoms with Gasteiger partial charge in [-0.25, -0.2) is 0 Å². The summed E-state index contributed by atoms with van der Waals surface area (Å²) in [5.74, 6) is 0.955. The fraction of sp³-hybridized carbons (Fsp3) is 0.400. The van der Waals surface area contributed by atoms with E-state index in [2.05, 4.69) is 48.5 Å². The number of anilines is 1. The Bertz CT molecular complexity index is 798. The van der Waals surface area contributed by atoms with E-state index < -0.39 is 0 Å². The highest BCUT2D eigenvalue weighted by molar-refractivity contribution is 5.69. The minimum atomic E-state index is 0.357. The van der Waals surface area contributed by atoms with Crippen molar-refractivity contribution in [2.45, 2.75) is 45.6 Å². The normalized spacial score (nSPS) is 16.5. The van der Waals surface area contributed by atoms with E-state index in [1.165, 1.54) is 18.4 Å². The zero-order valence-electron chi connectivity index (χ0n) is 14.4. The van der Waals surface area contributed by atoms with Gasteiger partial charge in [-0.2, -0.15) is 0 Å². The van der Waals surface area contributed by atoms with Gasteiger partial charge >= 0.3 is 0 Å². The van der Waals surface area contributed by atoms with Gasteiger partial charge in [0, 0.05) is 18.9 Å². The van der Waals surface area contributed by atoms with Crippen LogP contribution in [0.4, 0.5) is 5.69 Å². The summed E-state index contributed by atoms with van der Waals surface area (Å²) in [7, 11) is 2.04. The third-order valence-electron chi connectivity index (χ3n) is 4.57. The van der Waals surface area contributed by atoms with E-state index >= 15 is 0 Å². The molecule has 3 rings (SSSR count). The molecule has 1 aromatic carbocycles. The van der Waals surface area contributed by atoms with E-state index in [0.29, 0.717) is 6.10 Å². The number of nitrogens with one attached hydrogen (secondary N) is 1. The summed E-state index contributed by atoms with van der Waals surface area (Å²) < 4.78 is 8.36. The average molecular weight is 310 g/mol. The first-order chi connectivity index (χ1) is 11.0. The zero-order valence-corrected chi connectivity index (χ0v) is 14.4. The van der Waals surface area contributed by atoms with Crippen LogP contribution in [0, 0.1) is 6.92 Å². The topological polar surface area (TPSA) is 26.2 Å². The van der Waals surface area contributed by atoms with Gasteiger partial charge in [0.25, 0.3) is 0 Å². The molecule has 1 saturated carbocycles. The Balaban J connectivity index is 1.93. The highest BCUT2D eigenvalue weighted by atomic mass is 16.5. The molecule has 0 amide bonds. The van der Waals surface area contributed by atoms with Crippen molar-refractivity contribution in [2.24, 2.45) is 7.05 Å². The minimum Gasteiger partial charge on any atom is -0.488 e. The maximum atomic E-state index is 6.27. The molecule has 0 radical (unpaired) electrons. The molecular formula is C20H26N2O. The second-order valence-electron chi connectivity index (χ2n) is 6.57. The van der Waals surface area contributed by atoms with Crippen LogP contribution in [0.5, 0.6) is 5.75 Å². The van der Waals surface area contributed by atoms with Crippen molar-refractivity contribution in [1.29, 1.82) is 0 Å². The number of benzene rings is 1. The molecule has 2 aromatic rings. The van der Waals surface area contributed by atoms with E-state index in [4.69, 9.17) is 4.74 Å². The second-order valence-corrected chi connectivity index (χ2v) is 6.57. The molecule has 3 heteroatoms. The van der Waals surface area contributed by atoms with Gasteiger partial charge in [0.1, 0.15) is 5.75 Å². The number of nitrogens with zero attached hydrogens (tertiary/aromatic N) is 1. The number of hydrogen-bond donors (Lipinski definition) is 1. The third kappa shape index (κ3) is 3.44. The first-order valence-electron chi connectivity index (χ1n) is 8.40. The van der Waals surface area contributed by atoms with Gasteiger partial charge < -0.3 is 14.6 Å². The lowest BCUT2D eigenvalue weighted by molar-refractivity contribution is 0.211. The van der Waals surface area contributed by atoms with Gasteiger partial charge in [-0.3, -0.25) is 0 Å². The summed E-state index contributed by atoms with van der Waals surface area (Å²) in [6, 6.07) is 8.39. The van der Waals surface area contributed by atoms with E-state index in [9.17, 15) is 0 Å². The summed E-state index contributed by atoms with van der Waals surface area (Å²) in [6.07, 6.45) is 7.27. The van der Waals surface area contributed by atoms with Crippen LogP contribution in [0.2, 0.25) is 0 Å². The molecule has 1 heterocycles. The van der Waals surface area contributed by atoms with E-state index in [-0.39, 0.29) is 0 Å². The lowest BCUT2D eigenvalue weighted by atomic mass is 10.2. The maximum absolute atomic E-state index is 6.27. The van der Waals surface area contributed by atoms with Gasteiger partial charge in [0.15, 0.2) is 0 Å². The number of ether oxygens (including phenoxy) is 1. The molecule has 0 saturated heterocycles. The predicted octanol–water partition coefficient (Wildman–Crippen LogP) is 3.31. The Hall–Kier alpha value is -2.16. The summed E-state index contributed by atoms with van der Waals surface area (Å²) in [6.45, 7) is 8.30. The van der Waals surface area contributed by atoms with Crippen molar-refractivity contribution in [3.63, 3.8) is 0 Å². The van der Waals surface area contributed by atoms with Crippen molar-refractivity contribution in [2.75, 3.05) is 5.32 Å². The lowest BCUT2D eigenvalue weighted by Gasteiger charge is -2.18. The highest BCUT2D eigenvalue weighted by Gasteiger charge is 2.18. The smallest absolute Gasteiger partial charge is 0.143 e. The molecule has 1 aromatic heterocycles. The van der Waals surface area contributed by atoms with E-state index in [1.807, 2.05) is 19.3 Å². The molecule has 0 aliphatic heterocycles. The lowest BCUT2D eigenvalue weighted by Crippen LogP contribution is -2.30. The van der Waals surface area contributed by atoms with Crippen molar-refractivity contribution in [3.05, 3.63) is 46.6 Å². The quantitative estimate of drug-likeness (QED) is 0.938. The Labute approximate surface area is 138 Å². The van der Waals surface area contributed by atoms with Crippen LogP contribution in [0.3, 0.4) is 0 Å². The molecule has 0 unspecified atom stereocenters. The molecule has 0 bridgehead atoms. The summed E-state index contributed by atoms with van der Waals surface area (Å²) in [5.41, 5.74) is 3.33. The van der Waals surface area contributed by atoms with Gasteiger partial charge in [0.05, 0.1) is 17.1 Å². The minimum absolute atomic E-state index is 0.357. The van der Waals surface area contributed by atoms with Crippen molar-refractivity contribution < 1.29 is 4.74 Å². The van der Waals surface area contributed by atoms with E-state index in [0.717, 1.165) is 40.5 Å². The van der Waals surface area contributed by atoms with Crippen LogP contribution in [-0.4, -0.2) is 10.7 Å². The molecule has 0 atom stereocenters. The van der Waals surface area contributed by atoms with Crippen LogP contribution in [0.25, 0.3) is 12.3 Å². The highest BCUT2D eigenvalue weighted by Crippen LogP contribution is 2.31. The molecule has 1 aliphatic carbocycles. The molecule has 0 spiro atoms. The summed E-state index contributed by atoms with van der Waals surface area (Å²) in [5, 5.41) is 5.68. The van der Waals surface area contributed by atoms with Gasteiger partial charge in [0.2, 0.25) is 0 Å². The average Bonchev–Trinajstić information content (AvgIpc) is 3.12. The predicted molar refractivity (Wildman–Crippen MR) is 97.0 cm³/mol. The van der Waals surface area contributed by atoms with Gasteiger partial charge in [-0.05, 0) is 68.5 Å². The number of aromatic nitrogens is 1. The fourth-order valence-corrected chi connectivity index (χ4v) is 3.36. The zero-order chi connectivity index (χ0) is 16.4. The standard InChI is InChI=1S/C20H26N2O/c1-14-9-10-18(19(13-14)23-17-7-5-6-8-17)21-16(3)20-15(2)11-12-22(20)4/h9-13,17,21H,2,5-8H2,1,3-4H3/b20-16-. The SMILES string of the molecule is C=c1ccn(C)/c1=C(/C)Nc1ccc(C)cc1OC1CCCC1. The first kappa shape index (κ1) is 15.7. The molecule has 1 aliphatic rings. The fourth-order valence-electron chi connectivity index (χ4n) is 3.36. The Morgan fingerprint density at radius 2 is 2.00 bits per heavy atom. The van der Waals surface area contributed by atoms with E-state index in [1.54, 1.807) is 0 Å². The molecule has 1 N–H and O–H groups in total. The van der Waals surface area contributed by atoms with Crippen molar-refractivity contribution >= 4 is 18.0 Å². The van der Waals surface area contributed by atoms with Crippen LogP contribution in [0.1, 0.15) is 38.2 Å². The summed E-state index contributed by atoms with van der Waals surface area (Å²) in [4.78, 5) is 0. The Kier molecular flexibility index (Phi) is 4.46. The third-order valence-corrected chi connectivity index (χ3v) is 4.57. The molecule has 23 heavy (non-hydrogen) atoms. The van der Waals surface area contributed by atoms with Crippen molar-refractivity contribution in [3.8, 4) is 5.75 Å². The summed E-state index contributed by atoms with van der Waals surface area (Å²) >= 11 is 0. The van der Waals surface area contributed by atoms with Gasteiger partial charge in [-0.15, -0.1) is 0 Å². The number of rotatable bonds is 4. The van der Waals surface area contributed by atoms with Gasteiger partial charge in [-0.1, -0.05) is 12.6 Å². The van der Waals surface area contributed by atoms with Crippen LogP contribution in [0.15, 0.2) is 30.5 Å². The Morgan fingerprint density at radius 3 is 2.65 bits per heavy atom. The van der Waals surface area contributed by atoms with Crippen molar-refractivity contribution in [1.82, 2.24) is 4.57 Å². The first-order valence-corrected chi connectivity index (χ1v) is 8.40. The molecule has 3 nitrogen and oxygen atoms in total. The number of hydrogen-bond acceptors (Lipinski definition) is 2. The van der Waals surface area contributed by atoms with Crippen LogP contribution in [-0.2, 0) is 7.05 Å². The monoisotopic (exact) mass is 310 g/mol. The molecular weight excluding hydrogens is 284 g/mol. The largest absolute Gasteiger partial charge is 0.488 e. The maximum Gasteiger partial charge on any atom is 0.143 e. The number of aryl methyl sites for hydroxylation is 2. The molecule has 122 valence electrons. The second kappa shape index (κ2) is 6.53. The molecule has 1 fully saturated rings. The van der Waals surface area contributed by atoms with Crippen LogP contribution < -0.4 is 20.6 Å².